The molecule has 0 unspecified atom stereocenters. The second kappa shape index (κ2) is 9.21. The van der Waals surface area contributed by atoms with E-state index in [2.05, 4.69) is 23.8 Å². The number of carbonyl (C=O) groups excluding carboxylic acids is 1. The number of halogens is 2. The number of Topliss-reactive ketones (excluding diaryl/α,β-unsaturated/α-hetero) is 1. The van der Waals surface area contributed by atoms with Gasteiger partial charge in [0.2, 0.25) is 0 Å². The smallest absolute Gasteiger partial charge is 0.138 e. The third kappa shape index (κ3) is 5.33. The van der Waals surface area contributed by atoms with Gasteiger partial charge in [0.25, 0.3) is 0 Å². The summed E-state index contributed by atoms with van der Waals surface area (Å²) in [7, 11) is 0. The Morgan fingerprint density at radius 3 is 2.58 bits per heavy atom. The van der Waals surface area contributed by atoms with E-state index in [9.17, 15) is 4.79 Å². The summed E-state index contributed by atoms with van der Waals surface area (Å²) in [6.07, 6.45) is 3.69. The number of aromatic nitrogens is 2. The van der Waals surface area contributed by atoms with Crippen LogP contribution in [0.2, 0.25) is 10.0 Å². The van der Waals surface area contributed by atoms with Crippen LogP contribution in [0.4, 0.5) is 0 Å². The summed E-state index contributed by atoms with van der Waals surface area (Å²) in [6.45, 7) is 7.30. The zero-order chi connectivity index (χ0) is 17.5. The highest BCUT2D eigenvalue weighted by atomic mass is 35.5. The van der Waals surface area contributed by atoms with Crippen molar-refractivity contribution in [2.75, 3.05) is 19.6 Å². The molecule has 2 rings (SSSR count). The van der Waals surface area contributed by atoms with E-state index in [4.69, 9.17) is 23.2 Å². The van der Waals surface area contributed by atoms with E-state index in [-0.39, 0.29) is 5.78 Å². The molecule has 0 amide bonds. The van der Waals surface area contributed by atoms with Crippen molar-refractivity contribution in [3.8, 4) is 5.69 Å². The number of rotatable bonds is 9. The van der Waals surface area contributed by atoms with Crippen molar-refractivity contribution in [1.82, 2.24) is 14.7 Å². The van der Waals surface area contributed by atoms with Crippen LogP contribution in [0.1, 0.15) is 32.4 Å². The third-order valence-corrected chi connectivity index (χ3v) is 4.75. The summed E-state index contributed by atoms with van der Waals surface area (Å²) in [4.78, 5) is 14.4. The Morgan fingerprint density at radius 1 is 1.17 bits per heavy atom. The molecule has 0 radical (unpaired) electrons. The van der Waals surface area contributed by atoms with Crippen molar-refractivity contribution in [3.05, 3.63) is 46.2 Å². The molecule has 0 aliphatic rings. The van der Waals surface area contributed by atoms with Gasteiger partial charge in [-0.3, -0.25) is 4.79 Å². The van der Waals surface area contributed by atoms with Crippen LogP contribution in [0.3, 0.4) is 0 Å². The molecule has 1 aromatic carbocycles. The van der Waals surface area contributed by atoms with E-state index in [0.717, 1.165) is 37.4 Å². The van der Waals surface area contributed by atoms with Gasteiger partial charge in [0.15, 0.2) is 0 Å². The van der Waals surface area contributed by atoms with Crippen molar-refractivity contribution in [1.29, 1.82) is 0 Å². The first-order chi connectivity index (χ1) is 11.5. The molecule has 6 heteroatoms. The van der Waals surface area contributed by atoms with Crippen LogP contribution in [-0.2, 0) is 11.2 Å². The fraction of sp³-hybridized carbons (Fsp3) is 0.444. The monoisotopic (exact) mass is 367 g/mol. The van der Waals surface area contributed by atoms with Crippen LogP contribution >= 0.6 is 23.2 Å². The molecular weight excluding hydrogens is 345 g/mol. The van der Waals surface area contributed by atoms with Gasteiger partial charge in [-0.2, -0.15) is 5.10 Å². The maximum absolute atomic E-state index is 12.1. The maximum Gasteiger partial charge on any atom is 0.138 e. The summed E-state index contributed by atoms with van der Waals surface area (Å²) in [6, 6.07) is 7.20. The number of nitrogens with zero attached hydrogens (tertiary/aromatic N) is 3. The van der Waals surface area contributed by atoms with Gasteiger partial charge in [-0.1, -0.05) is 37.0 Å². The minimum Gasteiger partial charge on any atom is -0.304 e. The Hall–Kier alpha value is -1.36. The highest BCUT2D eigenvalue weighted by Crippen LogP contribution is 2.24. The van der Waals surface area contributed by atoms with Gasteiger partial charge in [-0.05, 0) is 50.3 Å². The van der Waals surface area contributed by atoms with E-state index >= 15 is 0 Å². The fourth-order valence-electron chi connectivity index (χ4n) is 2.56. The SMILES string of the molecule is CCN(CC)CCCC(=O)Cc1ccn(-c2ccc(Cl)c(Cl)c2)n1. The maximum atomic E-state index is 12.1. The second-order valence-corrected chi connectivity index (χ2v) is 6.51. The second-order valence-electron chi connectivity index (χ2n) is 5.70. The number of hydrogen-bond donors (Lipinski definition) is 0. The van der Waals surface area contributed by atoms with Crippen LogP contribution < -0.4 is 0 Å². The van der Waals surface area contributed by atoms with E-state index in [1.807, 2.05) is 18.3 Å². The summed E-state index contributed by atoms with van der Waals surface area (Å²) in [5.74, 6) is 0.224. The Bertz CT molecular complexity index is 681. The molecular formula is C18H23Cl2N3O. The van der Waals surface area contributed by atoms with Crippen LogP contribution in [0.25, 0.3) is 5.69 Å². The third-order valence-electron chi connectivity index (χ3n) is 4.01. The first-order valence-corrected chi connectivity index (χ1v) is 9.03. The molecule has 0 aliphatic carbocycles. The Morgan fingerprint density at radius 2 is 1.92 bits per heavy atom. The summed E-state index contributed by atoms with van der Waals surface area (Å²) >= 11 is 12.0. The first-order valence-electron chi connectivity index (χ1n) is 8.27. The molecule has 0 saturated heterocycles. The predicted octanol–water partition coefficient (Wildman–Crippen LogP) is 4.41. The van der Waals surface area contributed by atoms with Crippen molar-refractivity contribution in [2.45, 2.75) is 33.1 Å². The summed E-state index contributed by atoms with van der Waals surface area (Å²) in [5, 5.41) is 5.45. The molecule has 0 fully saturated rings. The van der Waals surface area contributed by atoms with Gasteiger partial charge in [0, 0.05) is 12.6 Å². The summed E-state index contributed by atoms with van der Waals surface area (Å²) in [5.41, 5.74) is 1.60. The van der Waals surface area contributed by atoms with Crippen molar-refractivity contribution < 1.29 is 4.79 Å². The van der Waals surface area contributed by atoms with Crippen molar-refractivity contribution in [3.63, 3.8) is 0 Å². The van der Waals surface area contributed by atoms with E-state index in [0.29, 0.717) is 22.9 Å². The minimum atomic E-state index is 0.224. The van der Waals surface area contributed by atoms with Gasteiger partial charge in [-0.15, -0.1) is 0 Å². The number of benzene rings is 1. The zero-order valence-corrected chi connectivity index (χ0v) is 15.6. The molecule has 0 spiro atoms. The number of ketones is 1. The molecule has 4 nitrogen and oxygen atoms in total. The highest BCUT2D eigenvalue weighted by Gasteiger charge is 2.09. The normalized spacial score (nSPS) is 11.2. The largest absolute Gasteiger partial charge is 0.304 e. The Labute approximate surface area is 153 Å². The molecule has 130 valence electrons. The van der Waals surface area contributed by atoms with E-state index < -0.39 is 0 Å². The Kier molecular flexibility index (Phi) is 7.28. The average Bonchev–Trinajstić information content (AvgIpc) is 3.02. The minimum absolute atomic E-state index is 0.224. The number of hydrogen-bond acceptors (Lipinski definition) is 3. The molecule has 24 heavy (non-hydrogen) atoms. The highest BCUT2D eigenvalue weighted by molar-refractivity contribution is 6.42. The Balaban J connectivity index is 1.89. The molecule has 0 saturated carbocycles. The number of carbonyl (C=O) groups is 1. The van der Waals surface area contributed by atoms with Gasteiger partial charge in [-0.25, -0.2) is 4.68 Å². The van der Waals surface area contributed by atoms with E-state index in [1.165, 1.54) is 0 Å². The van der Waals surface area contributed by atoms with Gasteiger partial charge < -0.3 is 4.90 Å². The first kappa shape index (κ1) is 19.0. The standard InChI is InChI=1S/C18H23Cl2N3O/c1-3-22(4-2)10-5-6-16(24)12-14-9-11-23(21-14)15-7-8-17(19)18(20)13-15/h7-9,11,13H,3-6,10,12H2,1-2H3. The van der Waals surface area contributed by atoms with Crippen LogP contribution in [-0.4, -0.2) is 40.1 Å². The fourth-order valence-corrected chi connectivity index (χ4v) is 2.85. The van der Waals surface area contributed by atoms with Crippen molar-refractivity contribution >= 4 is 29.0 Å². The van der Waals surface area contributed by atoms with Crippen molar-refractivity contribution in [2.24, 2.45) is 0 Å². The van der Waals surface area contributed by atoms with Gasteiger partial charge in [0.05, 0.1) is 27.8 Å². The lowest BCUT2D eigenvalue weighted by molar-refractivity contribution is -0.118. The van der Waals surface area contributed by atoms with Crippen LogP contribution in [0.15, 0.2) is 30.5 Å². The van der Waals surface area contributed by atoms with Gasteiger partial charge >= 0.3 is 0 Å². The molecule has 0 bridgehead atoms. The van der Waals surface area contributed by atoms with E-state index in [1.54, 1.807) is 16.8 Å². The zero-order valence-electron chi connectivity index (χ0n) is 14.1. The van der Waals surface area contributed by atoms with Gasteiger partial charge in [0.1, 0.15) is 5.78 Å². The molecule has 0 atom stereocenters. The molecule has 0 N–H and O–H groups in total. The quantitative estimate of drug-likeness (QED) is 0.658. The summed E-state index contributed by atoms with van der Waals surface area (Å²) < 4.78 is 1.71. The lowest BCUT2D eigenvalue weighted by Crippen LogP contribution is -2.24. The molecule has 2 aromatic rings. The molecule has 0 aliphatic heterocycles. The molecule has 1 aromatic heterocycles. The lowest BCUT2D eigenvalue weighted by atomic mass is 10.1. The topological polar surface area (TPSA) is 38.1 Å². The predicted molar refractivity (Wildman–Crippen MR) is 99.3 cm³/mol. The average molecular weight is 368 g/mol. The van der Waals surface area contributed by atoms with Crippen LogP contribution in [0.5, 0.6) is 0 Å². The van der Waals surface area contributed by atoms with Crippen LogP contribution in [0, 0.1) is 0 Å². The molecule has 1 heterocycles. The lowest BCUT2D eigenvalue weighted by Gasteiger charge is -2.17.